The van der Waals surface area contributed by atoms with Gasteiger partial charge < -0.3 is 0 Å². The fourth-order valence-corrected chi connectivity index (χ4v) is 1.32. The van der Waals surface area contributed by atoms with Crippen molar-refractivity contribution in [3.63, 3.8) is 0 Å². The van der Waals surface area contributed by atoms with Gasteiger partial charge in [0.15, 0.2) is 0 Å². The van der Waals surface area contributed by atoms with Gasteiger partial charge in [-0.2, -0.15) is 13.2 Å². The number of hydrogen-bond acceptors (Lipinski definition) is 0. The highest BCUT2D eigenvalue weighted by atomic mass is 19.4. The molecular formula is C10H17F3. The summed E-state index contributed by atoms with van der Waals surface area (Å²) in [5.41, 5.74) is 0. The highest BCUT2D eigenvalue weighted by Gasteiger charge is 2.26. The Labute approximate surface area is 77.8 Å². The van der Waals surface area contributed by atoms with Crippen molar-refractivity contribution in [2.75, 3.05) is 0 Å². The summed E-state index contributed by atoms with van der Waals surface area (Å²) < 4.78 is 35.3. The number of alkyl halides is 3. The third-order valence-electron chi connectivity index (χ3n) is 2.03. The Kier molecular flexibility index (Phi) is 5.84. The first-order valence-electron chi connectivity index (χ1n) is 4.69. The second kappa shape index (κ2) is 6.06. The van der Waals surface area contributed by atoms with Crippen molar-refractivity contribution in [1.82, 2.24) is 0 Å². The van der Waals surface area contributed by atoms with Crippen LogP contribution in [-0.2, 0) is 0 Å². The molecule has 78 valence electrons. The van der Waals surface area contributed by atoms with E-state index in [2.05, 4.69) is 6.58 Å². The average molecular weight is 194 g/mol. The van der Waals surface area contributed by atoms with E-state index in [0.717, 1.165) is 12.8 Å². The van der Waals surface area contributed by atoms with Gasteiger partial charge >= 0.3 is 6.18 Å². The SMILES string of the molecule is C=CC(CCC)CCCC(F)(F)F. The third-order valence-corrected chi connectivity index (χ3v) is 2.03. The standard InChI is InChI=1S/C10H17F3/c1-3-6-9(4-2)7-5-8-10(11,12)13/h4,9H,2-3,5-8H2,1H3. The van der Waals surface area contributed by atoms with Gasteiger partial charge in [-0.3, -0.25) is 0 Å². The van der Waals surface area contributed by atoms with Crippen molar-refractivity contribution in [3.05, 3.63) is 12.7 Å². The Hall–Kier alpha value is -0.470. The van der Waals surface area contributed by atoms with Crippen LogP contribution in [-0.4, -0.2) is 6.18 Å². The molecule has 3 heteroatoms. The maximum atomic E-state index is 11.8. The molecule has 1 unspecified atom stereocenters. The molecule has 1 atom stereocenters. The highest BCUT2D eigenvalue weighted by molar-refractivity contribution is 4.78. The Morgan fingerprint density at radius 2 is 1.92 bits per heavy atom. The van der Waals surface area contributed by atoms with Crippen LogP contribution in [0.25, 0.3) is 0 Å². The van der Waals surface area contributed by atoms with Crippen molar-refractivity contribution in [1.29, 1.82) is 0 Å². The minimum absolute atomic E-state index is 0.222. The molecule has 0 saturated carbocycles. The van der Waals surface area contributed by atoms with Crippen LogP contribution in [0.2, 0.25) is 0 Å². The van der Waals surface area contributed by atoms with Crippen LogP contribution in [0.3, 0.4) is 0 Å². The number of allylic oxidation sites excluding steroid dienone is 1. The van der Waals surface area contributed by atoms with Crippen LogP contribution in [0, 0.1) is 5.92 Å². The first-order valence-corrected chi connectivity index (χ1v) is 4.69. The molecule has 0 aromatic heterocycles. The molecule has 0 rings (SSSR count). The van der Waals surface area contributed by atoms with E-state index in [4.69, 9.17) is 0 Å². The zero-order valence-electron chi connectivity index (χ0n) is 8.03. The molecule has 0 aliphatic heterocycles. The van der Waals surface area contributed by atoms with Crippen LogP contribution in [0.1, 0.15) is 39.0 Å². The third kappa shape index (κ3) is 7.88. The van der Waals surface area contributed by atoms with E-state index in [1.807, 2.05) is 6.92 Å². The fraction of sp³-hybridized carbons (Fsp3) is 0.800. The minimum Gasteiger partial charge on any atom is -0.171 e. The van der Waals surface area contributed by atoms with Gasteiger partial charge in [-0.25, -0.2) is 0 Å². The van der Waals surface area contributed by atoms with Crippen molar-refractivity contribution in [2.45, 2.75) is 45.2 Å². The Bertz CT molecular complexity index is 138. The summed E-state index contributed by atoms with van der Waals surface area (Å²) in [4.78, 5) is 0. The lowest BCUT2D eigenvalue weighted by atomic mass is 9.97. The van der Waals surface area contributed by atoms with E-state index < -0.39 is 12.6 Å². The summed E-state index contributed by atoms with van der Waals surface area (Å²) in [7, 11) is 0. The molecule has 0 saturated heterocycles. The van der Waals surface area contributed by atoms with E-state index in [1.165, 1.54) is 0 Å². The molecule has 0 nitrogen and oxygen atoms in total. The Morgan fingerprint density at radius 3 is 2.31 bits per heavy atom. The van der Waals surface area contributed by atoms with Crippen LogP contribution in [0.4, 0.5) is 13.2 Å². The van der Waals surface area contributed by atoms with Gasteiger partial charge in [0, 0.05) is 6.42 Å². The summed E-state index contributed by atoms with van der Waals surface area (Å²) >= 11 is 0. The summed E-state index contributed by atoms with van der Waals surface area (Å²) in [6, 6.07) is 0. The fourth-order valence-electron chi connectivity index (χ4n) is 1.32. The van der Waals surface area contributed by atoms with Gasteiger partial charge in [0.1, 0.15) is 0 Å². The topological polar surface area (TPSA) is 0 Å². The molecule has 0 aromatic carbocycles. The van der Waals surface area contributed by atoms with Gasteiger partial charge in [-0.1, -0.05) is 19.4 Å². The monoisotopic (exact) mass is 194 g/mol. The maximum absolute atomic E-state index is 11.8. The molecule has 0 amide bonds. The Morgan fingerprint density at radius 1 is 1.31 bits per heavy atom. The maximum Gasteiger partial charge on any atom is 0.389 e. The first kappa shape index (κ1) is 12.5. The van der Waals surface area contributed by atoms with Crippen molar-refractivity contribution in [2.24, 2.45) is 5.92 Å². The molecule has 0 radical (unpaired) electrons. The molecule has 13 heavy (non-hydrogen) atoms. The quantitative estimate of drug-likeness (QED) is 0.552. The largest absolute Gasteiger partial charge is 0.389 e. The molecule has 0 N–H and O–H groups in total. The van der Waals surface area contributed by atoms with Crippen LogP contribution in [0.15, 0.2) is 12.7 Å². The van der Waals surface area contributed by atoms with E-state index in [9.17, 15) is 13.2 Å². The van der Waals surface area contributed by atoms with E-state index in [0.29, 0.717) is 6.42 Å². The van der Waals surface area contributed by atoms with E-state index >= 15 is 0 Å². The second-order valence-electron chi connectivity index (χ2n) is 3.29. The Balaban J connectivity index is 3.55. The smallest absolute Gasteiger partial charge is 0.171 e. The van der Waals surface area contributed by atoms with Gasteiger partial charge in [-0.15, -0.1) is 6.58 Å². The summed E-state index contributed by atoms with van der Waals surface area (Å²) in [5, 5.41) is 0. The average Bonchev–Trinajstić information content (AvgIpc) is 2.01. The zero-order chi connectivity index (χ0) is 10.3. The van der Waals surface area contributed by atoms with Crippen molar-refractivity contribution in [3.8, 4) is 0 Å². The highest BCUT2D eigenvalue weighted by Crippen LogP contribution is 2.25. The molecule has 0 aliphatic rings. The zero-order valence-corrected chi connectivity index (χ0v) is 8.03. The number of hydrogen-bond donors (Lipinski definition) is 0. The lowest BCUT2D eigenvalue weighted by Crippen LogP contribution is -2.07. The van der Waals surface area contributed by atoms with Gasteiger partial charge in [-0.05, 0) is 25.2 Å². The van der Waals surface area contributed by atoms with Gasteiger partial charge in [0.05, 0.1) is 0 Å². The summed E-state index contributed by atoms with van der Waals surface area (Å²) in [6.07, 6.45) is -0.125. The molecule has 0 aromatic rings. The molecule has 0 aliphatic carbocycles. The van der Waals surface area contributed by atoms with Crippen LogP contribution < -0.4 is 0 Å². The summed E-state index contributed by atoms with van der Waals surface area (Å²) in [6.45, 7) is 5.64. The predicted molar refractivity (Wildman–Crippen MR) is 48.5 cm³/mol. The minimum atomic E-state index is -4.00. The lowest BCUT2D eigenvalue weighted by molar-refractivity contribution is -0.135. The van der Waals surface area contributed by atoms with Gasteiger partial charge in [0.25, 0.3) is 0 Å². The van der Waals surface area contributed by atoms with Crippen LogP contribution in [0.5, 0.6) is 0 Å². The number of rotatable bonds is 6. The van der Waals surface area contributed by atoms with Crippen molar-refractivity contribution < 1.29 is 13.2 Å². The van der Waals surface area contributed by atoms with E-state index in [1.54, 1.807) is 6.08 Å². The van der Waals surface area contributed by atoms with Crippen LogP contribution >= 0.6 is 0 Å². The molecule has 0 bridgehead atoms. The molecule has 0 fully saturated rings. The molecule has 0 spiro atoms. The first-order chi connectivity index (χ1) is 5.99. The molecule has 0 heterocycles. The number of halogens is 3. The lowest BCUT2D eigenvalue weighted by Gasteiger charge is -2.11. The van der Waals surface area contributed by atoms with E-state index in [-0.39, 0.29) is 12.3 Å². The van der Waals surface area contributed by atoms with Gasteiger partial charge in [0.2, 0.25) is 0 Å². The predicted octanol–water partition coefficient (Wildman–Crippen LogP) is 4.32. The van der Waals surface area contributed by atoms with Crippen molar-refractivity contribution >= 4 is 0 Å². The molecular weight excluding hydrogens is 177 g/mol. The second-order valence-corrected chi connectivity index (χ2v) is 3.29. The summed E-state index contributed by atoms with van der Waals surface area (Å²) in [5.74, 6) is 0.257. The normalized spacial score (nSPS) is 14.2.